The lowest BCUT2D eigenvalue weighted by molar-refractivity contribution is 0.546. The Hall–Kier alpha value is -0.830. The Bertz CT molecular complexity index is 289. The Morgan fingerprint density at radius 3 is 2.50 bits per heavy atom. The predicted octanol–water partition coefficient (Wildman–Crippen LogP) is 1.80. The average molecular weight is 195 g/mol. The van der Waals surface area contributed by atoms with Crippen LogP contribution in [0.15, 0.2) is 0 Å². The van der Waals surface area contributed by atoms with Gasteiger partial charge in [0.05, 0.1) is 5.69 Å². The van der Waals surface area contributed by atoms with Crippen LogP contribution in [-0.2, 0) is 13.0 Å². The smallest absolute Gasteiger partial charge is 0.0628 e. The van der Waals surface area contributed by atoms with Crippen molar-refractivity contribution in [1.82, 2.24) is 9.78 Å². The van der Waals surface area contributed by atoms with Crippen molar-refractivity contribution in [3.8, 4) is 0 Å². The van der Waals surface area contributed by atoms with E-state index in [9.17, 15) is 0 Å². The summed E-state index contributed by atoms with van der Waals surface area (Å²) in [6, 6.07) is 0. The number of rotatable bonds is 5. The van der Waals surface area contributed by atoms with Crippen LogP contribution in [0.3, 0.4) is 0 Å². The second kappa shape index (κ2) is 5.15. The Morgan fingerprint density at radius 2 is 2.00 bits per heavy atom. The molecule has 0 saturated heterocycles. The molecule has 1 aromatic heterocycles. The van der Waals surface area contributed by atoms with E-state index in [0.717, 1.165) is 32.4 Å². The molecule has 0 saturated carbocycles. The molecule has 0 bridgehead atoms. The Balaban J connectivity index is 2.68. The van der Waals surface area contributed by atoms with E-state index < -0.39 is 0 Å². The van der Waals surface area contributed by atoms with Crippen molar-refractivity contribution in [2.24, 2.45) is 5.73 Å². The number of aryl methyl sites for hydroxylation is 2. The van der Waals surface area contributed by atoms with Gasteiger partial charge in [-0.3, -0.25) is 4.68 Å². The van der Waals surface area contributed by atoms with Gasteiger partial charge < -0.3 is 5.73 Å². The van der Waals surface area contributed by atoms with Crippen LogP contribution in [0.1, 0.15) is 36.7 Å². The number of unbranched alkanes of at least 4 members (excludes halogenated alkanes) is 1. The molecule has 0 aliphatic carbocycles. The highest BCUT2D eigenvalue weighted by molar-refractivity contribution is 5.24. The highest BCUT2D eigenvalue weighted by Gasteiger charge is 2.08. The van der Waals surface area contributed by atoms with Crippen LogP contribution in [0.2, 0.25) is 0 Å². The minimum atomic E-state index is 0.778. The summed E-state index contributed by atoms with van der Waals surface area (Å²) in [7, 11) is 0. The second-order valence-corrected chi connectivity index (χ2v) is 3.72. The van der Waals surface area contributed by atoms with Crippen molar-refractivity contribution in [3.05, 3.63) is 17.0 Å². The quantitative estimate of drug-likeness (QED) is 0.728. The van der Waals surface area contributed by atoms with E-state index in [-0.39, 0.29) is 0 Å². The van der Waals surface area contributed by atoms with E-state index >= 15 is 0 Å². The zero-order chi connectivity index (χ0) is 10.6. The van der Waals surface area contributed by atoms with Crippen LogP contribution < -0.4 is 5.73 Å². The van der Waals surface area contributed by atoms with Gasteiger partial charge in [-0.15, -0.1) is 0 Å². The number of aromatic nitrogens is 2. The Morgan fingerprint density at radius 1 is 1.29 bits per heavy atom. The fraction of sp³-hybridized carbons (Fsp3) is 0.727. The van der Waals surface area contributed by atoms with E-state index in [1.807, 2.05) is 0 Å². The van der Waals surface area contributed by atoms with Crippen molar-refractivity contribution >= 4 is 0 Å². The van der Waals surface area contributed by atoms with E-state index in [4.69, 9.17) is 5.73 Å². The van der Waals surface area contributed by atoms with Crippen LogP contribution in [0.25, 0.3) is 0 Å². The summed E-state index contributed by atoms with van der Waals surface area (Å²) in [6.07, 6.45) is 3.29. The van der Waals surface area contributed by atoms with Crippen molar-refractivity contribution < 1.29 is 0 Å². The van der Waals surface area contributed by atoms with Crippen LogP contribution in [-0.4, -0.2) is 16.3 Å². The summed E-state index contributed by atoms with van der Waals surface area (Å²) in [5.74, 6) is 0. The van der Waals surface area contributed by atoms with Crippen molar-refractivity contribution in [2.75, 3.05) is 6.54 Å². The maximum Gasteiger partial charge on any atom is 0.0628 e. The second-order valence-electron chi connectivity index (χ2n) is 3.72. The first-order chi connectivity index (χ1) is 6.70. The molecule has 0 spiro atoms. The number of hydrogen-bond acceptors (Lipinski definition) is 2. The number of nitrogens with two attached hydrogens (primary N) is 1. The topological polar surface area (TPSA) is 43.8 Å². The maximum absolute atomic E-state index is 5.46. The van der Waals surface area contributed by atoms with E-state index in [2.05, 4.69) is 30.6 Å². The summed E-state index contributed by atoms with van der Waals surface area (Å²) in [5.41, 5.74) is 9.36. The Kier molecular flexibility index (Phi) is 4.14. The van der Waals surface area contributed by atoms with Crippen molar-refractivity contribution in [1.29, 1.82) is 0 Å². The van der Waals surface area contributed by atoms with Gasteiger partial charge in [-0.25, -0.2) is 0 Å². The molecular weight excluding hydrogens is 174 g/mol. The van der Waals surface area contributed by atoms with Crippen LogP contribution in [0.4, 0.5) is 0 Å². The average Bonchev–Trinajstić information content (AvgIpc) is 2.42. The summed E-state index contributed by atoms with van der Waals surface area (Å²) >= 11 is 0. The standard InChI is InChI=1S/C11H21N3/c1-4-11-9(2)13-14(10(11)3)8-6-5-7-12/h4-8,12H2,1-3H3. The van der Waals surface area contributed by atoms with Crippen LogP contribution in [0.5, 0.6) is 0 Å². The molecule has 0 radical (unpaired) electrons. The molecule has 14 heavy (non-hydrogen) atoms. The van der Waals surface area contributed by atoms with Gasteiger partial charge in [-0.05, 0) is 45.2 Å². The lowest BCUT2D eigenvalue weighted by atomic mass is 10.1. The molecule has 3 heteroatoms. The molecule has 2 N–H and O–H groups in total. The molecule has 0 fully saturated rings. The minimum Gasteiger partial charge on any atom is -0.330 e. The van der Waals surface area contributed by atoms with Gasteiger partial charge in [0.15, 0.2) is 0 Å². The van der Waals surface area contributed by atoms with Gasteiger partial charge in [0.2, 0.25) is 0 Å². The van der Waals surface area contributed by atoms with Gasteiger partial charge in [0.25, 0.3) is 0 Å². The molecule has 3 nitrogen and oxygen atoms in total. The normalized spacial score (nSPS) is 10.9. The highest BCUT2D eigenvalue weighted by atomic mass is 15.3. The molecule has 0 amide bonds. The summed E-state index contributed by atoms with van der Waals surface area (Å²) < 4.78 is 2.11. The summed E-state index contributed by atoms with van der Waals surface area (Å²) in [4.78, 5) is 0. The van der Waals surface area contributed by atoms with Gasteiger partial charge in [0.1, 0.15) is 0 Å². The van der Waals surface area contributed by atoms with Gasteiger partial charge in [0, 0.05) is 12.2 Å². The molecule has 80 valence electrons. The number of hydrogen-bond donors (Lipinski definition) is 1. The third-order valence-corrected chi connectivity index (χ3v) is 2.71. The molecule has 1 heterocycles. The summed E-state index contributed by atoms with van der Waals surface area (Å²) in [6.45, 7) is 8.21. The first kappa shape index (κ1) is 11.2. The van der Waals surface area contributed by atoms with Crippen molar-refractivity contribution in [2.45, 2.75) is 46.6 Å². The fourth-order valence-electron chi connectivity index (χ4n) is 1.87. The molecule has 0 atom stereocenters. The van der Waals surface area contributed by atoms with Crippen molar-refractivity contribution in [3.63, 3.8) is 0 Å². The molecular formula is C11H21N3. The van der Waals surface area contributed by atoms with E-state index in [1.54, 1.807) is 0 Å². The first-order valence-corrected chi connectivity index (χ1v) is 5.43. The lowest BCUT2D eigenvalue weighted by Crippen LogP contribution is -2.06. The molecule has 0 aliphatic rings. The third-order valence-electron chi connectivity index (χ3n) is 2.71. The molecule has 0 aliphatic heterocycles. The zero-order valence-electron chi connectivity index (χ0n) is 9.51. The molecule has 0 unspecified atom stereocenters. The SMILES string of the molecule is CCc1c(C)nn(CCCCN)c1C. The highest BCUT2D eigenvalue weighted by Crippen LogP contribution is 2.13. The molecule has 1 aromatic rings. The van der Waals surface area contributed by atoms with E-state index in [1.165, 1.54) is 17.0 Å². The molecule has 1 rings (SSSR count). The summed E-state index contributed by atoms with van der Waals surface area (Å²) in [5, 5.41) is 4.53. The predicted molar refractivity (Wildman–Crippen MR) is 59.4 cm³/mol. The van der Waals surface area contributed by atoms with Crippen LogP contribution >= 0.6 is 0 Å². The third kappa shape index (κ3) is 2.35. The lowest BCUT2D eigenvalue weighted by Gasteiger charge is -2.03. The van der Waals surface area contributed by atoms with Gasteiger partial charge >= 0.3 is 0 Å². The zero-order valence-corrected chi connectivity index (χ0v) is 9.51. The van der Waals surface area contributed by atoms with Gasteiger partial charge in [-0.1, -0.05) is 6.92 Å². The molecule has 0 aromatic carbocycles. The minimum absolute atomic E-state index is 0.778. The number of nitrogens with zero attached hydrogens (tertiary/aromatic N) is 2. The fourth-order valence-corrected chi connectivity index (χ4v) is 1.87. The monoisotopic (exact) mass is 195 g/mol. The largest absolute Gasteiger partial charge is 0.330 e. The van der Waals surface area contributed by atoms with Crippen LogP contribution in [0, 0.1) is 13.8 Å². The van der Waals surface area contributed by atoms with E-state index in [0.29, 0.717) is 0 Å². The first-order valence-electron chi connectivity index (χ1n) is 5.43. The van der Waals surface area contributed by atoms with Gasteiger partial charge in [-0.2, -0.15) is 5.10 Å². The Labute approximate surface area is 86.3 Å². The maximum atomic E-state index is 5.46.